The molecule has 0 radical (unpaired) electrons. The van der Waals surface area contributed by atoms with E-state index in [2.05, 4.69) is 16.7 Å². The average Bonchev–Trinajstić information content (AvgIpc) is 2.72. The molecule has 0 amide bonds. The summed E-state index contributed by atoms with van der Waals surface area (Å²) in [4.78, 5) is 14.7. The van der Waals surface area contributed by atoms with E-state index in [1.165, 1.54) is 5.56 Å². The zero-order valence-corrected chi connectivity index (χ0v) is 16.5. The van der Waals surface area contributed by atoms with Crippen molar-refractivity contribution in [2.75, 3.05) is 44.4 Å². The Hall–Kier alpha value is -2.38. The predicted molar refractivity (Wildman–Crippen MR) is 108 cm³/mol. The van der Waals surface area contributed by atoms with Crippen molar-refractivity contribution in [1.29, 1.82) is 0 Å². The van der Waals surface area contributed by atoms with E-state index in [4.69, 9.17) is 14.2 Å². The number of aryl methyl sites for hydroxylation is 1. The predicted octanol–water partition coefficient (Wildman–Crippen LogP) is 2.33. The lowest BCUT2D eigenvalue weighted by Crippen LogP contribution is -2.48. The fraction of sp³-hybridized carbons (Fsp3) is 0.500. The van der Waals surface area contributed by atoms with Crippen LogP contribution in [-0.4, -0.2) is 56.4 Å². The van der Waals surface area contributed by atoms with Gasteiger partial charge in [-0.15, -0.1) is 0 Å². The van der Waals surface area contributed by atoms with Crippen LogP contribution in [0, 0.1) is 6.92 Å². The van der Waals surface area contributed by atoms with E-state index in [1.807, 2.05) is 17.9 Å². The number of fused-ring (bicyclic) bond motifs is 3. The lowest BCUT2D eigenvalue weighted by Gasteiger charge is -2.37. The number of aromatic nitrogens is 1. The lowest BCUT2D eigenvalue weighted by molar-refractivity contribution is -0.102. The van der Waals surface area contributed by atoms with E-state index in [0.29, 0.717) is 45.4 Å². The molecular weight excluding hydrogens is 375 g/mol. The van der Waals surface area contributed by atoms with Gasteiger partial charge in [-0.1, -0.05) is 6.07 Å². The molecule has 0 saturated carbocycles. The summed E-state index contributed by atoms with van der Waals surface area (Å²) in [5.74, 6) is 0.572. The second-order valence-corrected chi connectivity index (χ2v) is 7.94. The van der Waals surface area contributed by atoms with Crippen molar-refractivity contribution in [1.82, 2.24) is 4.57 Å². The number of nitrogens with zero attached hydrogens (tertiary/aromatic N) is 2. The van der Waals surface area contributed by atoms with Crippen LogP contribution >= 0.6 is 0 Å². The number of benzene rings is 1. The zero-order chi connectivity index (χ0) is 20.0. The molecule has 2 saturated heterocycles. The maximum absolute atomic E-state index is 13.2. The molecule has 29 heavy (non-hydrogen) atoms. The number of hydrogen-bond acceptors (Lipinski definition) is 5. The van der Waals surface area contributed by atoms with Crippen LogP contribution in [0.3, 0.4) is 0 Å². The lowest BCUT2D eigenvalue weighted by atomic mass is 9.93. The molecule has 3 aliphatic heterocycles. The van der Waals surface area contributed by atoms with Crippen LogP contribution in [0.1, 0.15) is 11.1 Å². The van der Waals surface area contributed by atoms with Gasteiger partial charge in [-0.05, 0) is 31.0 Å². The molecule has 2 aromatic rings. The van der Waals surface area contributed by atoms with Crippen LogP contribution in [0.2, 0.25) is 0 Å². The number of halogens is 1. The van der Waals surface area contributed by atoms with Crippen molar-refractivity contribution in [2.24, 2.45) is 0 Å². The normalized spacial score (nSPS) is 21.3. The highest BCUT2D eigenvalue weighted by Crippen LogP contribution is 2.36. The van der Waals surface area contributed by atoms with Gasteiger partial charge in [0, 0.05) is 29.4 Å². The maximum Gasteiger partial charge on any atom is 0.197 e. The highest BCUT2D eigenvalue weighted by molar-refractivity contribution is 5.73. The third-order valence-electron chi connectivity index (χ3n) is 5.97. The molecular formula is C22H25FN2O4. The number of alkyl halides is 1. The first-order valence-corrected chi connectivity index (χ1v) is 10.2. The van der Waals surface area contributed by atoms with Crippen molar-refractivity contribution < 1.29 is 18.6 Å². The highest BCUT2D eigenvalue weighted by atomic mass is 19.1. The van der Waals surface area contributed by atoms with E-state index >= 15 is 0 Å². The SMILES string of the molecule is Cc1c2n(c(OC[C@@H]3COCCO3)cc1=O)CCc1cc(N3CC(F)C3)ccc1-2. The van der Waals surface area contributed by atoms with E-state index < -0.39 is 6.17 Å². The molecule has 0 spiro atoms. The molecule has 4 heterocycles. The van der Waals surface area contributed by atoms with E-state index in [1.54, 1.807) is 6.07 Å². The third kappa shape index (κ3) is 3.42. The topological polar surface area (TPSA) is 52.9 Å². The van der Waals surface area contributed by atoms with E-state index in [0.717, 1.165) is 35.5 Å². The van der Waals surface area contributed by atoms with Gasteiger partial charge in [-0.25, -0.2) is 4.39 Å². The summed E-state index contributed by atoms with van der Waals surface area (Å²) in [6, 6.07) is 7.78. The van der Waals surface area contributed by atoms with Gasteiger partial charge in [0.05, 0.1) is 38.6 Å². The molecule has 154 valence electrons. The second-order valence-electron chi connectivity index (χ2n) is 7.94. The summed E-state index contributed by atoms with van der Waals surface area (Å²) in [6.07, 6.45) is -0.0124. The fourth-order valence-electron chi connectivity index (χ4n) is 4.31. The minimum atomic E-state index is -0.731. The fourth-order valence-corrected chi connectivity index (χ4v) is 4.31. The van der Waals surface area contributed by atoms with Gasteiger partial charge in [-0.2, -0.15) is 0 Å². The van der Waals surface area contributed by atoms with Crippen LogP contribution in [0.25, 0.3) is 11.3 Å². The summed E-state index contributed by atoms with van der Waals surface area (Å²) in [5, 5.41) is 0. The van der Waals surface area contributed by atoms with Gasteiger partial charge in [0.25, 0.3) is 0 Å². The van der Waals surface area contributed by atoms with Crippen LogP contribution in [-0.2, 0) is 22.4 Å². The smallest absolute Gasteiger partial charge is 0.197 e. The van der Waals surface area contributed by atoms with Crippen LogP contribution in [0.4, 0.5) is 10.1 Å². The van der Waals surface area contributed by atoms with E-state index in [9.17, 15) is 9.18 Å². The number of hydrogen-bond donors (Lipinski definition) is 0. The molecule has 0 bridgehead atoms. The quantitative estimate of drug-likeness (QED) is 0.789. The highest BCUT2D eigenvalue weighted by Gasteiger charge is 2.28. The number of anilines is 1. The molecule has 1 atom stereocenters. The minimum Gasteiger partial charge on any atom is -0.476 e. The Bertz CT molecular complexity index is 978. The molecule has 3 aliphatic rings. The number of pyridine rings is 1. The van der Waals surface area contributed by atoms with Crippen LogP contribution in [0.15, 0.2) is 29.1 Å². The number of ether oxygens (including phenoxy) is 3. The van der Waals surface area contributed by atoms with Gasteiger partial charge >= 0.3 is 0 Å². The summed E-state index contributed by atoms with van der Waals surface area (Å²) >= 11 is 0. The standard InChI is InChI=1S/C22H25FN2O4/c1-14-20(26)9-21(29-13-18-12-27-6-7-28-18)25-5-4-15-8-17(24-10-16(23)11-24)2-3-19(15)22(14)25/h2-3,8-9,16,18H,4-7,10-13H2,1H3/t18-/m0/s1. The summed E-state index contributed by atoms with van der Waals surface area (Å²) in [5.41, 5.74) is 4.88. The van der Waals surface area contributed by atoms with Crippen molar-refractivity contribution in [3.8, 4) is 17.1 Å². The maximum atomic E-state index is 13.2. The van der Waals surface area contributed by atoms with Crippen molar-refractivity contribution >= 4 is 5.69 Å². The first-order valence-electron chi connectivity index (χ1n) is 10.2. The Morgan fingerprint density at radius 1 is 1.24 bits per heavy atom. The summed E-state index contributed by atoms with van der Waals surface area (Å²) in [6.45, 7) is 5.54. The molecule has 1 aromatic heterocycles. The van der Waals surface area contributed by atoms with Crippen LogP contribution in [0.5, 0.6) is 5.88 Å². The Balaban J connectivity index is 1.46. The molecule has 1 aromatic carbocycles. The zero-order valence-electron chi connectivity index (χ0n) is 16.5. The van der Waals surface area contributed by atoms with Crippen molar-refractivity contribution in [2.45, 2.75) is 32.2 Å². The van der Waals surface area contributed by atoms with Gasteiger partial charge in [0.2, 0.25) is 0 Å². The average molecular weight is 400 g/mol. The van der Waals surface area contributed by atoms with Gasteiger partial charge in [-0.3, -0.25) is 4.79 Å². The van der Waals surface area contributed by atoms with Gasteiger partial charge < -0.3 is 23.7 Å². The molecule has 6 nitrogen and oxygen atoms in total. The Labute approximate surface area is 168 Å². The second kappa shape index (κ2) is 7.46. The molecule has 0 N–H and O–H groups in total. The Morgan fingerprint density at radius 3 is 2.86 bits per heavy atom. The van der Waals surface area contributed by atoms with Crippen LogP contribution < -0.4 is 15.1 Å². The van der Waals surface area contributed by atoms with E-state index in [-0.39, 0.29) is 11.5 Å². The van der Waals surface area contributed by atoms with Gasteiger partial charge in [0.15, 0.2) is 11.3 Å². The first-order chi connectivity index (χ1) is 14.1. The monoisotopic (exact) mass is 400 g/mol. The third-order valence-corrected chi connectivity index (χ3v) is 5.97. The first kappa shape index (κ1) is 18.6. The molecule has 5 rings (SSSR count). The van der Waals surface area contributed by atoms with Gasteiger partial charge in [0.1, 0.15) is 18.9 Å². The molecule has 7 heteroatoms. The largest absolute Gasteiger partial charge is 0.476 e. The molecule has 0 aliphatic carbocycles. The molecule has 0 unspecified atom stereocenters. The number of rotatable bonds is 4. The minimum absolute atomic E-state index is 0.0352. The Kier molecular flexibility index (Phi) is 4.80. The molecule has 2 fully saturated rings. The van der Waals surface area contributed by atoms with Crippen molar-refractivity contribution in [3.05, 3.63) is 45.6 Å². The Morgan fingerprint density at radius 2 is 2.10 bits per heavy atom. The summed E-state index contributed by atoms with van der Waals surface area (Å²) in [7, 11) is 0. The summed E-state index contributed by atoms with van der Waals surface area (Å²) < 4.78 is 32.4. The van der Waals surface area contributed by atoms with Crippen molar-refractivity contribution in [3.63, 3.8) is 0 Å².